The van der Waals surface area contributed by atoms with E-state index in [4.69, 9.17) is 0 Å². The maximum absolute atomic E-state index is 2.63. The Kier molecular flexibility index (Phi) is 29.5. The molecule has 248 valence electrons. The Bertz CT molecular complexity index is 648. The summed E-state index contributed by atoms with van der Waals surface area (Å²) in [4.78, 5) is 0. The summed E-state index contributed by atoms with van der Waals surface area (Å²) in [6, 6.07) is 0. The van der Waals surface area contributed by atoms with Crippen molar-refractivity contribution in [3.05, 3.63) is 18.2 Å². The maximum atomic E-state index is 2.63. The molecule has 0 spiro atoms. The zero-order valence-corrected chi connectivity index (χ0v) is 29.6. The molecule has 0 amide bonds. The van der Waals surface area contributed by atoms with E-state index in [-0.39, 0.29) is 0 Å². The van der Waals surface area contributed by atoms with Gasteiger partial charge in [-0.15, -0.1) is 0 Å². The molecule has 0 N–H and O–H groups in total. The van der Waals surface area contributed by atoms with E-state index in [1.54, 1.807) is 5.82 Å². The molecule has 1 rings (SSSR count). The second-order valence-electron chi connectivity index (χ2n) is 13.8. The zero-order chi connectivity index (χ0) is 30.2. The van der Waals surface area contributed by atoms with Crippen molar-refractivity contribution in [1.29, 1.82) is 0 Å². The third-order valence-electron chi connectivity index (χ3n) is 9.60. The Morgan fingerprint density at radius 3 is 1.14 bits per heavy atom. The average Bonchev–Trinajstić information content (AvgIpc) is 3.38. The molecule has 0 aliphatic heterocycles. The zero-order valence-electron chi connectivity index (χ0n) is 29.6. The second kappa shape index (κ2) is 31.6. The van der Waals surface area contributed by atoms with Crippen molar-refractivity contribution in [3.63, 3.8) is 0 Å². The van der Waals surface area contributed by atoms with Crippen molar-refractivity contribution >= 4 is 0 Å². The predicted octanol–water partition coefficient (Wildman–Crippen LogP) is 13.5. The van der Waals surface area contributed by atoms with E-state index in [2.05, 4.69) is 42.3 Å². The van der Waals surface area contributed by atoms with Gasteiger partial charge in [0.05, 0.1) is 13.1 Å². The smallest absolute Gasteiger partial charge is 0.234 e. The maximum Gasteiger partial charge on any atom is 0.256 e. The van der Waals surface area contributed by atoms with Crippen molar-refractivity contribution < 1.29 is 4.57 Å². The highest BCUT2D eigenvalue weighted by Crippen LogP contribution is 2.15. The standard InChI is InChI=1S/C40H79N2/c1-4-7-10-13-16-18-19-20-21-22-23-24-25-28-31-34-37-42-39-38-41(36-33-30-27-15-12-9-6-3)40(42)35-32-29-26-17-14-11-8-5-2/h38-39H,4-37H2,1-3H3/q+1. The van der Waals surface area contributed by atoms with Gasteiger partial charge in [-0.2, -0.15) is 0 Å². The van der Waals surface area contributed by atoms with Crippen LogP contribution in [-0.4, -0.2) is 4.57 Å². The minimum absolute atomic E-state index is 1.23. The number of imidazole rings is 1. The Morgan fingerprint density at radius 2 is 0.738 bits per heavy atom. The summed E-state index contributed by atoms with van der Waals surface area (Å²) >= 11 is 0. The van der Waals surface area contributed by atoms with Gasteiger partial charge in [0, 0.05) is 6.42 Å². The Labute approximate surface area is 266 Å². The lowest BCUT2D eigenvalue weighted by Crippen LogP contribution is -2.37. The van der Waals surface area contributed by atoms with Crippen LogP contribution in [0.15, 0.2) is 12.4 Å². The SMILES string of the molecule is CCCCCCCCCCCCCCCCCCn1cc[n+](CCCCCCCCC)c1CCCCCCCCCC. The molecule has 1 aromatic heterocycles. The summed E-state index contributed by atoms with van der Waals surface area (Å²) in [5.41, 5.74) is 0. The highest BCUT2D eigenvalue weighted by molar-refractivity contribution is 4.84. The molecular weight excluding hydrogens is 508 g/mol. The van der Waals surface area contributed by atoms with E-state index in [9.17, 15) is 0 Å². The van der Waals surface area contributed by atoms with Gasteiger partial charge in [0.25, 0.3) is 5.82 Å². The fraction of sp³-hybridized carbons (Fsp3) is 0.925. The summed E-state index contributed by atoms with van der Waals surface area (Å²) in [5, 5.41) is 0. The van der Waals surface area contributed by atoms with Gasteiger partial charge < -0.3 is 0 Å². The third kappa shape index (κ3) is 23.6. The minimum Gasteiger partial charge on any atom is -0.234 e. The Morgan fingerprint density at radius 1 is 0.405 bits per heavy atom. The predicted molar refractivity (Wildman–Crippen MR) is 188 cm³/mol. The van der Waals surface area contributed by atoms with E-state index in [0.29, 0.717) is 0 Å². The topological polar surface area (TPSA) is 8.81 Å². The average molecular weight is 588 g/mol. The summed E-state index contributed by atoms with van der Waals surface area (Å²) in [7, 11) is 0. The third-order valence-corrected chi connectivity index (χ3v) is 9.60. The number of hydrogen-bond acceptors (Lipinski definition) is 0. The largest absolute Gasteiger partial charge is 0.256 e. The number of hydrogen-bond donors (Lipinski definition) is 0. The van der Waals surface area contributed by atoms with E-state index in [0.717, 1.165) is 0 Å². The lowest BCUT2D eigenvalue weighted by molar-refractivity contribution is -0.704. The molecule has 0 aliphatic carbocycles. The molecule has 2 heteroatoms. The molecule has 0 aromatic carbocycles. The van der Waals surface area contributed by atoms with Crippen LogP contribution in [0.5, 0.6) is 0 Å². The normalized spacial score (nSPS) is 11.6. The first-order valence-electron chi connectivity index (χ1n) is 19.9. The summed E-state index contributed by atoms with van der Waals surface area (Å²) < 4.78 is 5.26. The van der Waals surface area contributed by atoms with Gasteiger partial charge in [-0.1, -0.05) is 188 Å². The lowest BCUT2D eigenvalue weighted by atomic mass is 10.0. The Balaban J connectivity index is 2.21. The van der Waals surface area contributed by atoms with Gasteiger partial charge in [0.2, 0.25) is 0 Å². The van der Waals surface area contributed by atoms with Crippen molar-refractivity contribution in [2.45, 2.75) is 239 Å². The first-order valence-corrected chi connectivity index (χ1v) is 19.9. The number of unbranched alkanes of at least 4 members (excludes halogenated alkanes) is 28. The highest BCUT2D eigenvalue weighted by Gasteiger charge is 2.16. The van der Waals surface area contributed by atoms with Crippen LogP contribution in [0.25, 0.3) is 0 Å². The minimum atomic E-state index is 1.23. The molecule has 0 saturated carbocycles. The summed E-state index contributed by atoms with van der Waals surface area (Å²) in [5.74, 6) is 1.62. The number of aromatic nitrogens is 2. The van der Waals surface area contributed by atoms with E-state index in [1.807, 2.05) is 0 Å². The molecule has 1 aromatic rings. The van der Waals surface area contributed by atoms with Crippen LogP contribution in [0, 0.1) is 0 Å². The Hall–Kier alpha value is -0.790. The second-order valence-corrected chi connectivity index (χ2v) is 13.8. The molecule has 0 aliphatic rings. The van der Waals surface area contributed by atoms with Crippen LogP contribution in [-0.2, 0) is 19.5 Å². The van der Waals surface area contributed by atoms with Gasteiger partial charge in [-0.05, 0) is 32.1 Å². The highest BCUT2D eigenvalue weighted by atomic mass is 15.1. The van der Waals surface area contributed by atoms with Crippen LogP contribution in [0.3, 0.4) is 0 Å². The molecule has 0 unspecified atom stereocenters. The fourth-order valence-electron chi connectivity index (χ4n) is 6.68. The fourth-order valence-corrected chi connectivity index (χ4v) is 6.68. The van der Waals surface area contributed by atoms with E-state index < -0.39 is 0 Å². The molecule has 1 heterocycles. The van der Waals surface area contributed by atoms with Gasteiger partial charge in [-0.3, -0.25) is 0 Å². The number of nitrogens with zero attached hydrogens (tertiary/aromatic N) is 2. The molecule has 0 atom stereocenters. The van der Waals surface area contributed by atoms with Crippen LogP contribution < -0.4 is 4.57 Å². The quantitative estimate of drug-likeness (QED) is 0.0560. The van der Waals surface area contributed by atoms with Crippen LogP contribution >= 0.6 is 0 Å². The van der Waals surface area contributed by atoms with Gasteiger partial charge in [0.1, 0.15) is 12.4 Å². The van der Waals surface area contributed by atoms with Gasteiger partial charge in [-0.25, -0.2) is 9.13 Å². The first-order chi connectivity index (χ1) is 20.8. The first kappa shape index (κ1) is 39.2. The van der Waals surface area contributed by atoms with Crippen LogP contribution in [0.2, 0.25) is 0 Å². The number of rotatable bonds is 34. The summed E-state index contributed by atoms with van der Waals surface area (Å²) in [6.07, 6.45) is 50.4. The van der Waals surface area contributed by atoms with E-state index in [1.165, 1.54) is 219 Å². The molecule has 0 bridgehead atoms. The monoisotopic (exact) mass is 588 g/mol. The van der Waals surface area contributed by atoms with Crippen molar-refractivity contribution in [1.82, 2.24) is 4.57 Å². The van der Waals surface area contributed by atoms with Crippen molar-refractivity contribution in [3.8, 4) is 0 Å². The van der Waals surface area contributed by atoms with Crippen LogP contribution in [0.4, 0.5) is 0 Å². The molecule has 0 fully saturated rings. The summed E-state index contributed by atoms with van der Waals surface area (Å²) in [6.45, 7) is 9.40. The lowest BCUT2D eigenvalue weighted by Gasteiger charge is -2.07. The van der Waals surface area contributed by atoms with Crippen molar-refractivity contribution in [2.24, 2.45) is 0 Å². The van der Waals surface area contributed by atoms with Gasteiger partial charge in [0.15, 0.2) is 0 Å². The van der Waals surface area contributed by atoms with Crippen molar-refractivity contribution in [2.75, 3.05) is 0 Å². The van der Waals surface area contributed by atoms with E-state index >= 15 is 0 Å². The molecule has 2 nitrogen and oxygen atoms in total. The van der Waals surface area contributed by atoms with Crippen LogP contribution in [0.1, 0.15) is 226 Å². The molecular formula is C40H79N2+. The molecule has 0 saturated heterocycles. The molecule has 42 heavy (non-hydrogen) atoms. The number of aryl methyl sites for hydroxylation is 2. The molecule has 0 radical (unpaired) electrons. The van der Waals surface area contributed by atoms with Gasteiger partial charge >= 0.3 is 0 Å².